The molecule has 0 radical (unpaired) electrons. The molecule has 12 rings (SSSR count). The number of fused-ring (bicyclic) bond motifs is 9. The van der Waals surface area contributed by atoms with E-state index in [0.29, 0.717) is 47.5 Å². The van der Waals surface area contributed by atoms with E-state index in [1.807, 2.05) is 18.2 Å². The van der Waals surface area contributed by atoms with Gasteiger partial charge in [0.25, 0.3) is 0 Å². The molecule has 4 nitrogen and oxygen atoms in total. The normalized spacial score (nSPS) is 27.1. The van der Waals surface area contributed by atoms with Crippen molar-refractivity contribution in [1.82, 2.24) is 4.90 Å². The number of hydrogen-bond acceptors (Lipinski definition) is 4. The van der Waals surface area contributed by atoms with Crippen molar-refractivity contribution in [1.29, 1.82) is 0 Å². The molecular formula is C72H76N2O2. The number of nitrogens with zero attached hydrogens (tertiary/aromatic N) is 2. The maximum absolute atomic E-state index is 11.6. The summed E-state index contributed by atoms with van der Waals surface area (Å²) in [6.45, 7) is 17.1. The lowest BCUT2D eigenvalue weighted by molar-refractivity contribution is -0.107. The summed E-state index contributed by atoms with van der Waals surface area (Å²) < 4.78 is 0. The van der Waals surface area contributed by atoms with Crippen molar-refractivity contribution in [3.8, 4) is 0 Å². The molecule has 3 aromatic carbocycles. The molecular weight excluding hydrogens is 925 g/mol. The molecule has 4 heteroatoms. The number of allylic oxidation sites excluding steroid dienone is 24. The highest BCUT2D eigenvalue weighted by atomic mass is 16.1. The minimum Gasteiger partial charge on any atom is -0.318 e. The van der Waals surface area contributed by atoms with Gasteiger partial charge in [0.1, 0.15) is 12.6 Å². The first-order valence-electron chi connectivity index (χ1n) is 28.7. The molecule has 1 saturated carbocycles. The van der Waals surface area contributed by atoms with Crippen LogP contribution in [0.3, 0.4) is 0 Å². The third kappa shape index (κ3) is 8.41. The number of anilines is 1. The van der Waals surface area contributed by atoms with Crippen molar-refractivity contribution in [2.45, 2.75) is 135 Å². The summed E-state index contributed by atoms with van der Waals surface area (Å²) in [6.07, 6.45) is 51.7. The summed E-state index contributed by atoms with van der Waals surface area (Å²) in [4.78, 5) is 27.8. The van der Waals surface area contributed by atoms with Gasteiger partial charge in [-0.1, -0.05) is 156 Å². The number of hydrogen-bond donors (Lipinski definition) is 0. The summed E-state index contributed by atoms with van der Waals surface area (Å²) in [5.74, 6) is 2.50. The van der Waals surface area contributed by atoms with Gasteiger partial charge in [0.05, 0.1) is 0 Å². The molecule has 6 unspecified atom stereocenters. The second-order valence-corrected chi connectivity index (χ2v) is 24.8. The van der Waals surface area contributed by atoms with Gasteiger partial charge in [0.15, 0.2) is 0 Å². The Hall–Kier alpha value is -6.78. The summed E-state index contributed by atoms with van der Waals surface area (Å²) in [7, 11) is 0. The SMILES string of the molecule is CC=C(C=CCC=O)N(C1=CC2C(C=C1)C1=CCC(c3ccc4c(c3)C(C)(C)C3=CC(c5ccc6c(c5)C(C)(C)C5CC(N(C7=CC=CCCC7)c7ccc(C=O)cc7)=CC=C65)CC=C34)CC1C2(C)C)C1=CC=CCC1. The molecule has 0 heterocycles. The smallest absolute Gasteiger partial charge is 0.150 e. The molecule has 0 N–H and O–H groups in total. The van der Waals surface area contributed by atoms with Crippen molar-refractivity contribution >= 4 is 29.4 Å². The number of carbonyl (C=O) groups excluding carboxylic acids is 2. The predicted octanol–water partition coefficient (Wildman–Crippen LogP) is 17.7. The van der Waals surface area contributed by atoms with Crippen LogP contribution in [-0.4, -0.2) is 17.5 Å². The van der Waals surface area contributed by atoms with Crippen LogP contribution in [0.5, 0.6) is 0 Å². The van der Waals surface area contributed by atoms with Crippen molar-refractivity contribution in [3.63, 3.8) is 0 Å². The molecule has 76 heavy (non-hydrogen) atoms. The molecule has 9 aliphatic carbocycles. The van der Waals surface area contributed by atoms with E-state index < -0.39 is 0 Å². The molecule has 0 saturated heterocycles. The van der Waals surface area contributed by atoms with Crippen molar-refractivity contribution in [2.24, 2.45) is 29.1 Å². The van der Waals surface area contributed by atoms with E-state index in [4.69, 9.17) is 0 Å². The Morgan fingerprint density at radius 2 is 1.53 bits per heavy atom. The van der Waals surface area contributed by atoms with Gasteiger partial charge in [-0.3, -0.25) is 4.79 Å². The zero-order chi connectivity index (χ0) is 52.5. The Kier molecular flexibility index (Phi) is 12.9. The fraction of sp³-hybridized carbons (Fsp3) is 0.361. The van der Waals surface area contributed by atoms with E-state index in [0.717, 1.165) is 75.3 Å². The standard InChI is InChI=1S/C72H76N2O2/c1-8-52(18-16-17-39-75)73(53-21-14-11-15-22-53)56-31-37-62-60-35-27-50(42-66(60)71(4,5)68(62)44-56)48-25-33-58-59-34-26-49(41-65(59)70(2,3)64(58)40-48)51-28-36-61-63-38-32-57(45-69(63)72(6,7)67(61)43-51)74(54-19-12-9-10-13-20-54)55-29-23-47(46-76)24-30-55/h8-9,11-12,14,16,18-19,21,23-25,28-41,43-44,46,49-50,62,66,68-69H,10,13,15,17,20,22,26-27,42,45H2,1-7H3. The highest BCUT2D eigenvalue weighted by molar-refractivity contribution is 5.91. The molecule has 0 aliphatic heterocycles. The first kappa shape index (κ1) is 50.1. The molecule has 1 fully saturated rings. The van der Waals surface area contributed by atoms with Gasteiger partial charge in [-0.2, -0.15) is 0 Å². The van der Waals surface area contributed by atoms with Crippen LogP contribution in [0.15, 0.2) is 204 Å². The second kappa shape index (κ2) is 19.7. The maximum Gasteiger partial charge on any atom is 0.150 e. The second-order valence-electron chi connectivity index (χ2n) is 24.8. The van der Waals surface area contributed by atoms with Crippen molar-refractivity contribution in [3.05, 3.63) is 243 Å². The highest BCUT2D eigenvalue weighted by Gasteiger charge is 2.53. The topological polar surface area (TPSA) is 40.6 Å². The first-order chi connectivity index (χ1) is 36.8. The summed E-state index contributed by atoms with van der Waals surface area (Å²) in [5, 5.41) is 0. The molecule has 6 atom stereocenters. The third-order valence-corrected chi connectivity index (χ3v) is 19.6. The van der Waals surface area contributed by atoms with E-state index in [1.165, 1.54) is 79.3 Å². The van der Waals surface area contributed by atoms with Gasteiger partial charge in [-0.05, 0) is 204 Å². The van der Waals surface area contributed by atoms with Crippen LogP contribution in [0.1, 0.15) is 168 Å². The van der Waals surface area contributed by atoms with E-state index in [1.54, 1.807) is 5.57 Å². The first-order valence-corrected chi connectivity index (χ1v) is 28.7. The molecule has 386 valence electrons. The van der Waals surface area contributed by atoms with E-state index in [9.17, 15) is 9.59 Å². The van der Waals surface area contributed by atoms with Crippen LogP contribution in [0, 0.1) is 29.1 Å². The number of aldehydes is 2. The summed E-state index contributed by atoms with van der Waals surface area (Å²) in [6, 6.07) is 23.1. The lowest BCUT2D eigenvalue weighted by Gasteiger charge is -2.38. The number of rotatable bonds is 12. The lowest BCUT2D eigenvalue weighted by atomic mass is 9.68. The zero-order valence-electron chi connectivity index (χ0n) is 46.0. The van der Waals surface area contributed by atoms with E-state index >= 15 is 0 Å². The Balaban J connectivity index is 0.780. The van der Waals surface area contributed by atoms with E-state index in [2.05, 4.69) is 204 Å². The van der Waals surface area contributed by atoms with Crippen LogP contribution >= 0.6 is 0 Å². The van der Waals surface area contributed by atoms with Gasteiger partial charge >= 0.3 is 0 Å². The summed E-state index contributed by atoms with van der Waals surface area (Å²) >= 11 is 0. The van der Waals surface area contributed by atoms with Crippen LogP contribution in [0.25, 0.3) is 11.1 Å². The molecule has 9 aliphatic rings. The third-order valence-electron chi connectivity index (χ3n) is 19.6. The lowest BCUT2D eigenvalue weighted by Crippen LogP contribution is -2.30. The molecule has 0 bridgehead atoms. The van der Waals surface area contributed by atoms with Gasteiger partial charge in [0.2, 0.25) is 0 Å². The van der Waals surface area contributed by atoms with Crippen molar-refractivity contribution in [2.75, 3.05) is 4.90 Å². The minimum absolute atomic E-state index is 0.0425. The molecule has 3 aromatic rings. The minimum atomic E-state index is -0.0947. The van der Waals surface area contributed by atoms with Crippen LogP contribution in [0.2, 0.25) is 0 Å². The largest absolute Gasteiger partial charge is 0.318 e. The van der Waals surface area contributed by atoms with Crippen LogP contribution in [-0.2, 0) is 15.6 Å². The quantitative estimate of drug-likeness (QED) is 0.103. The summed E-state index contributed by atoms with van der Waals surface area (Å²) in [5.41, 5.74) is 22.8. The Morgan fingerprint density at radius 3 is 2.32 bits per heavy atom. The monoisotopic (exact) mass is 1000 g/mol. The van der Waals surface area contributed by atoms with Gasteiger partial charge < -0.3 is 14.6 Å². The Labute approximate surface area is 453 Å². The van der Waals surface area contributed by atoms with Gasteiger partial charge in [-0.15, -0.1) is 0 Å². The fourth-order valence-electron chi connectivity index (χ4n) is 15.3. The number of benzene rings is 3. The fourth-order valence-corrected chi connectivity index (χ4v) is 15.3. The highest BCUT2D eigenvalue weighted by Crippen LogP contribution is 2.62. The zero-order valence-corrected chi connectivity index (χ0v) is 46.0. The predicted molar refractivity (Wildman–Crippen MR) is 315 cm³/mol. The Morgan fingerprint density at radius 1 is 0.750 bits per heavy atom. The van der Waals surface area contributed by atoms with E-state index in [-0.39, 0.29) is 16.2 Å². The average Bonchev–Trinajstić information content (AvgIpc) is 3.89. The van der Waals surface area contributed by atoms with Crippen LogP contribution in [0.4, 0.5) is 5.69 Å². The molecule has 0 spiro atoms. The van der Waals surface area contributed by atoms with Crippen molar-refractivity contribution < 1.29 is 9.59 Å². The number of carbonyl (C=O) groups is 2. The Bertz CT molecular complexity index is 3320. The average molecular weight is 1000 g/mol. The van der Waals surface area contributed by atoms with Gasteiger partial charge in [-0.25, -0.2) is 0 Å². The van der Waals surface area contributed by atoms with Gasteiger partial charge in [0, 0.05) is 63.4 Å². The molecule has 0 amide bonds. The molecule has 0 aromatic heterocycles. The van der Waals surface area contributed by atoms with Crippen LogP contribution < -0.4 is 4.90 Å². The maximum atomic E-state index is 11.6.